The molecule has 2 unspecified atom stereocenters. The van der Waals surface area contributed by atoms with Crippen molar-refractivity contribution in [2.75, 3.05) is 6.54 Å². The molecular formula is C12H16N2O2. The molecule has 0 amide bonds. The highest BCUT2D eigenvalue weighted by Crippen LogP contribution is 2.22. The van der Waals surface area contributed by atoms with Crippen molar-refractivity contribution in [1.29, 1.82) is 0 Å². The van der Waals surface area contributed by atoms with Crippen molar-refractivity contribution < 1.29 is 10.2 Å². The minimum atomic E-state index is -0.872. The van der Waals surface area contributed by atoms with E-state index < -0.39 is 12.2 Å². The standard InChI is InChI=1S/C12H16N2O2/c13-5-3-11(15)12(16)9-1-2-10-8(7-9)4-6-14-10/h1-2,4,6-7,11-12,14-16H,3,5,13H2. The zero-order chi connectivity index (χ0) is 11.5. The SMILES string of the molecule is NCCC(O)C(O)c1ccc2[nH]ccc2c1. The lowest BCUT2D eigenvalue weighted by Gasteiger charge is -2.17. The number of aromatic nitrogens is 1. The fourth-order valence-corrected chi connectivity index (χ4v) is 1.81. The molecule has 0 spiro atoms. The highest BCUT2D eigenvalue weighted by molar-refractivity contribution is 5.80. The Morgan fingerprint density at radius 1 is 1.25 bits per heavy atom. The molecule has 1 aromatic heterocycles. The van der Waals surface area contributed by atoms with Crippen molar-refractivity contribution in [2.45, 2.75) is 18.6 Å². The Bertz CT molecular complexity index is 467. The first kappa shape index (κ1) is 11.1. The third-order valence-corrected chi connectivity index (χ3v) is 2.75. The van der Waals surface area contributed by atoms with Gasteiger partial charge in [0.15, 0.2) is 0 Å². The van der Waals surface area contributed by atoms with Crippen molar-refractivity contribution in [3.05, 3.63) is 36.0 Å². The zero-order valence-corrected chi connectivity index (χ0v) is 8.93. The number of hydrogen-bond donors (Lipinski definition) is 4. The minimum Gasteiger partial charge on any atom is -0.390 e. The highest BCUT2D eigenvalue weighted by Gasteiger charge is 2.17. The van der Waals surface area contributed by atoms with Gasteiger partial charge in [-0.3, -0.25) is 0 Å². The lowest BCUT2D eigenvalue weighted by atomic mass is 10.0. The van der Waals surface area contributed by atoms with Gasteiger partial charge in [0.1, 0.15) is 6.10 Å². The van der Waals surface area contributed by atoms with Gasteiger partial charge in [0, 0.05) is 11.7 Å². The van der Waals surface area contributed by atoms with Crippen molar-refractivity contribution >= 4 is 10.9 Å². The first-order valence-electron chi connectivity index (χ1n) is 5.35. The van der Waals surface area contributed by atoms with Crippen molar-refractivity contribution in [3.8, 4) is 0 Å². The second-order valence-corrected chi connectivity index (χ2v) is 3.91. The third-order valence-electron chi connectivity index (χ3n) is 2.75. The van der Waals surface area contributed by atoms with E-state index in [2.05, 4.69) is 4.98 Å². The summed E-state index contributed by atoms with van der Waals surface area (Å²) >= 11 is 0. The van der Waals surface area contributed by atoms with Crippen LogP contribution in [-0.2, 0) is 0 Å². The van der Waals surface area contributed by atoms with Crippen LogP contribution in [0.4, 0.5) is 0 Å². The van der Waals surface area contributed by atoms with Crippen LogP contribution in [-0.4, -0.2) is 27.8 Å². The quantitative estimate of drug-likeness (QED) is 0.618. The van der Waals surface area contributed by atoms with Crippen LogP contribution in [0.2, 0.25) is 0 Å². The maximum Gasteiger partial charge on any atom is 0.105 e. The summed E-state index contributed by atoms with van der Waals surface area (Å²) in [5, 5.41) is 20.6. The van der Waals surface area contributed by atoms with E-state index >= 15 is 0 Å². The van der Waals surface area contributed by atoms with Crippen LogP contribution in [0.1, 0.15) is 18.1 Å². The molecule has 0 saturated carbocycles. The molecule has 0 fully saturated rings. The highest BCUT2D eigenvalue weighted by atomic mass is 16.3. The van der Waals surface area contributed by atoms with Crippen LogP contribution in [0.15, 0.2) is 30.5 Å². The van der Waals surface area contributed by atoms with Gasteiger partial charge in [0.25, 0.3) is 0 Å². The van der Waals surface area contributed by atoms with Gasteiger partial charge in [-0.05, 0) is 42.1 Å². The predicted octanol–water partition coefficient (Wildman–Crippen LogP) is 0.911. The summed E-state index contributed by atoms with van der Waals surface area (Å²) in [5.41, 5.74) is 7.08. The normalized spacial score (nSPS) is 15.2. The topological polar surface area (TPSA) is 82.3 Å². The molecule has 16 heavy (non-hydrogen) atoms. The Balaban J connectivity index is 2.24. The van der Waals surface area contributed by atoms with E-state index in [-0.39, 0.29) is 0 Å². The Morgan fingerprint density at radius 3 is 2.81 bits per heavy atom. The monoisotopic (exact) mass is 220 g/mol. The second kappa shape index (κ2) is 4.65. The Kier molecular flexibility index (Phi) is 3.24. The predicted molar refractivity (Wildman–Crippen MR) is 62.9 cm³/mol. The van der Waals surface area contributed by atoms with Gasteiger partial charge in [0.2, 0.25) is 0 Å². The summed E-state index contributed by atoms with van der Waals surface area (Å²) in [7, 11) is 0. The van der Waals surface area contributed by atoms with Crippen LogP contribution in [0.5, 0.6) is 0 Å². The largest absolute Gasteiger partial charge is 0.390 e. The zero-order valence-electron chi connectivity index (χ0n) is 8.93. The summed E-state index contributed by atoms with van der Waals surface area (Å²) in [6.45, 7) is 0.366. The van der Waals surface area contributed by atoms with E-state index in [4.69, 9.17) is 5.73 Å². The molecule has 5 N–H and O–H groups in total. The van der Waals surface area contributed by atoms with Gasteiger partial charge in [-0.2, -0.15) is 0 Å². The summed E-state index contributed by atoms with van der Waals surface area (Å²) in [6, 6.07) is 7.50. The van der Waals surface area contributed by atoms with E-state index in [1.807, 2.05) is 30.5 Å². The van der Waals surface area contributed by atoms with Crippen LogP contribution < -0.4 is 5.73 Å². The average Bonchev–Trinajstić information content (AvgIpc) is 2.75. The van der Waals surface area contributed by atoms with Crippen molar-refractivity contribution in [1.82, 2.24) is 4.98 Å². The number of nitrogens with two attached hydrogens (primary N) is 1. The number of rotatable bonds is 4. The number of aliphatic hydroxyl groups excluding tert-OH is 2. The molecule has 0 radical (unpaired) electrons. The fourth-order valence-electron chi connectivity index (χ4n) is 1.81. The molecule has 1 heterocycles. The van der Waals surface area contributed by atoms with Gasteiger partial charge in [0.05, 0.1) is 6.10 Å². The molecule has 0 aliphatic carbocycles. The van der Waals surface area contributed by atoms with E-state index in [9.17, 15) is 10.2 Å². The molecule has 0 bridgehead atoms. The number of aromatic amines is 1. The van der Waals surface area contributed by atoms with Crippen LogP contribution >= 0.6 is 0 Å². The maximum absolute atomic E-state index is 9.90. The maximum atomic E-state index is 9.90. The van der Waals surface area contributed by atoms with E-state index in [1.54, 1.807) is 0 Å². The number of nitrogens with one attached hydrogen (secondary N) is 1. The molecule has 2 aromatic rings. The number of hydrogen-bond acceptors (Lipinski definition) is 3. The average molecular weight is 220 g/mol. The van der Waals surface area contributed by atoms with Gasteiger partial charge in [-0.25, -0.2) is 0 Å². The lowest BCUT2D eigenvalue weighted by Crippen LogP contribution is -2.21. The van der Waals surface area contributed by atoms with Crippen molar-refractivity contribution in [3.63, 3.8) is 0 Å². The molecule has 0 aliphatic heterocycles. The second-order valence-electron chi connectivity index (χ2n) is 3.91. The minimum absolute atomic E-state index is 0.366. The van der Waals surface area contributed by atoms with Gasteiger partial charge in [-0.15, -0.1) is 0 Å². The number of aliphatic hydroxyl groups is 2. The first-order valence-corrected chi connectivity index (χ1v) is 5.35. The molecule has 0 saturated heterocycles. The molecule has 4 heteroatoms. The Labute approximate surface area is 93.7 Å². The van der Waals surface area contributed by atoms with E-state index in [0.29, 0.717) is 18.5 Å². The molecule has 2 atom stereocenters. The summed E-state index contributed by atoms with van der Waals surface area (Å²) < 4.78 is 0. The fraction of sp³-hybridized carbons (Fsp3) is 0.333. The van der Waals surface area contributed by atoms with Crippen LogP contribution in [0.3, 0.4) is 0 Å². The lowest BCUT2D eigenvalue weighted by molar-refractivity contribution is 0.0151. The molecule has 86 valence electrons. The first-order chi connectivity index (χ1) is 7.72. The summed E-state index contributed by atoms with van der Waals surface area (Å²) in [6.07, 6.45) is 0.563. The number of H-pyrrole nitrogens is 1. The Hall–Kier alpha value is -1.36. The molecule has 4 nitrogen and oxygen atoms in total. The number of fused-ring (bicyclic) bond motifs is 1. The molecular weight excluding hydrogens is 204 g/mol. The van der Waals surface area contributed by atoms with Gasteiger partial charge in [-0.1, -0.05) is 6.07 Å². The summed E-state index contributed by atoms with van der Waals surface area (Å²) in [4.78, 5) is 3.08. The van der Waals surface area contributed by atoms with Crippen molar-refractivity contribution in [2.24, 2.45) is 5.73 Å². The third kappa shape index (κ3) is 2.09. The van der Waals surface area contributed by atoms with Crippen LogP contribution in [0.25, 0.3) is 10.9 Å². The number of benzene rings is 1. The van der Waals surface area contributed by atoms with Gasteiger partial charge >= 0.3 is 0 Å². The molecule has 0 aliphatic rings. The Morgan fingerprint density at radius 2 is 2.06 bits per heavy atom. The van der Waals surface area contributed by atoms with Gasteiger partial charge < -0.3 is 20.9 Å². The van der Waals surface area contributed by atoms with Crippen LogP contribution in [0, 0.1) is 0 Å². The smallest absolute Gasteiger partial charge is 0.105 e. The van der Waals surface area contributed by atoms with E-state index in [1.165, 1.54) is 0 Å². The summed E-state index contributed by atoms with van der Waals surface area (Å²) in [5.74, 6) is 0. The molecule has 1 aromatic carbocycles. The molecule has 2 rings (SSSR count). The van der Waals surface area contributed by atoms with E-state index in [0.717, 1.165) is 10.9 Å².